The maximum absolute atomic E-state index is 12.0. The van der Waals surface area contributed by atoms with Crippen LogP contribution in [0.2, 0.25) is 0 Å². The molecule has 0 fully saturated rings. The molecule has 7 nitrogen and oxygen atoms in total. The van der Waals surface area contributed by atoms with E-state index in [9.17, 15) is 10.1 Å². The van der Waals surface area contributed by atoms with E-state index < -0.39 is 0 Å². The lowest BCUT2D eigenvalue weighted by Crippen LogP contribution is -2.42. The molecule has 7 heteroatoms. The van der Waals surface area contributed by atoms with Crippen LogP contribution in [0.4, 0.5) is 5.69 Å². The number of pyridine rings is 1. The normalized spacial score (nSPS) is 13.8. The Labute approximate surface area is 195 Å². The Bertz CT molecular complexity index is 1090. The molecule has 172 valence electrons. The van der Waals surface area contributed by atoms with E-state index in [1.807, 2.05) is 31.2 Å². The Balaban J connectivity index is 1.84. The summed E-state index contributed by atoms with van der Waals surface area (Å²) in [5, 5.41) is 12.7. The zero-order valence-corrected chi connectivity index (χ0v) is 19.6. The SMILES string of the molecule is CCN(CC)c1ccc2c(c1)O/C(=C(/C#N)c1cc[n+](CC(=O)NCCCN)cc1)C=C2C. The van der Waals surface area contributed by atoms with E-state index >= 15 is 0 Å². The van der Waals surface area contributed by atoms with E-state index in [4.69, 9.17) is 10.5 Å². The van der Waals surface area contributed by atoms with E-state index in [1.165, 1.54) is 0 Å². The number of aromatic nitrogens is 1. The van der Waals surface area contributed by atoms with Crippen LogP contribution in [0.5, 0.6) is 5.75 Å². The molecule has 0 saturated carbocycles. The number of nitriles is 1. The highest BCUT2D eigenvalue weighted by Crippen LogP contribution is 2.38. The second kappa shape index (κ2) is 11.3. The number of rotatable bonds is 9. The topological polar surface area (TPSA) is 95.3 Å². The van der Waals surface area contributed by atoms with E-state index in [1.54, 1.807) is 17.0 Å². The Morgan fingerprint density at radius 2 is 1.94 bits per heavy atom. The molecule has 2 heterocycles. The maximum atomic E-state index is 12.0. The zero-order valence-electron chi connectivity index (χ0n) is 19.6. The summed E-state index contributed by atoms with van der Waals surface area (Å²) < 4.78 is 7.99. The molecular weight excluding hydrogens is 414 g/mol. The number of amides is 1. The molecule has 1 aromatic carbocycles. The van der Waals surface area contributed by atoms with E-state index in [-0.39, 0.29) is 12.5 Å². The first-order valence-electron chi connectivity index (χ1n) is 11.4. The highest BCUT2D eigenvalue weighted by atomic mass is 16.5. The minimum absolute atomic E-state index is 0.0742. The number of carbonyl (C=O) groups is 1. The third-order valence-electron chi connectivity index (χ3n) is 5.65. The van der Waals surface area contributed by atoms with Gasteiger partial charge in [0.25, 0.3) is 5.91 Å². The second-order valence-electron chi connectivity index (χ2n) is 7.88. The summed E-state index contributed by atoms with van der Waals surface area (Å²) in [5.74, 6) is 1.20. The molecule has 0 bridgehead atoms. The molecule has 0 spiro atoms. The van der Waals surface area contributed by atoms with Gasteiger partial charge in [-0.25, -0.2) is 0 Å². The Kier molecular flexibility index (Phi) is 8.22. The minimum Gasteiger partial charge on any atom is -0.455 e. The zero-order chi connectivity index (χ0) is 23.8. The van der Waals surface area contributed by atoms with Crippen LogP contribution in [0.1, 0.15) is 38.3 Å². The average Bonchev–Trinajstić information content (AvgIpc) is 2.81. The van der Waals surface area contributed by atoms with Crippen LogP contribution in [0.15, 0.2) is 54.6 Å². The highest BCUT2D eigenvalue weighted by Gasteiger charge is 2.20. The minimum atomic E-state index is -0.0742. The van der Waals surface area contributed by atoms with Crippen LogP contribution < -0.4 is 25.3 Å². The van der Waals surface area contributed by atoms with Crippen LogP contribution >= 0.6 is 0 Å². The van der Waals surface area contributed by atoms with Gasteiger partial charge in [-0.2, -0.15) is 9.83 Å². The van der Waals surface area contributed by atoms with Gasteiger partial charge in [0.15, 0.2) is 12.4 Å². The summed E-state index contributed by atoms with van der Waals surface area (Å²) in [7, 11) is 0. The van der Waals surface area contributed by atoms with Gasteiger partial charge in [0.05, 0.1) is 0 Å². The molecule has 1 aliphatic heterocycles. The molecule has 3 N–H and O–H groups in total. The van der Waals surface area contributed by atoms with Crippen molar-refractivity contribution in [1.29, 1.82) is 5.26 Å². The number of carbonyl (C=O) groups excluding carboxylic acids is 1. The lowest BCUT2D eigenvalue weighted by molar-refractivity contribution is -0.684. The summed E-state index contributed by atoms with van der Waals surface area (Å²) in [5.41, 5.74) is 9.81. The Hall–Kier alpha value is -3.63. The van der Waals surface area contributed by atoms with E-state index in [2.05, 4.69) is 42.3 Å². The summed E-state index contributed by atoms with van der Waals surface area (Å²) >= 11 is 0. The van der Waals surface area contributed by atoms with Gasteiger partial charge >= 0.3 is 0 Å². The number of anilines is 1. The number of nitrogens with one attached hydrogen (secondary N) is 1. The van der Waals surface area contributed by atoms with Gasteiger partial charge in [0, 0.05) is 54.6 Å². The highest BCUT2D eigenvalue weighted by molar-refractivity contribution is 5.85. The summed E-state index contributed by atoms with van der Waals surface area (Å²) in [6.45, 7) is 9.41. The second-order valence-corrected chi connectivity index (χ2v) is 7.88. The van der Waals surface area contributed by atoms with Gasteiger partial charge in [-0.15, -0.1) is 0 Å². The number of hydrogen-bond donors (Lipinski definition) is 2. The van der Waals surface area contributed by atoms with Crippen molar-refractivity contribution in [2.45, 2.75) is 33.7 Å². The smallest absolute Gasteiger partial charge is 0.285 e. The number of nitrogens with two attached hydrogens (primary N) is 1. The molecule has 1 amide bonds. The van der Waals surface area contributed by atoms with Crippen molar-refractivity contribution in [3.8, 4) is 11.8 Å². The number of allylic oxidation sites excluding steroid dienone is 3. The number of hydrogen-bond acceptors (Lipinski definition) is 5. The molecule has 1 aromatic heterocycles. The summed E-state index contributed by atoms with van der Waals surface area (Å²) in [6.07, 6.45) is 6.24. The maximum Gasteiger partial charge on any atom is 0.285 e. The summed E-state index contributed by atoms with van der Waals surface area (Å²) in [6, 6.07) is 12.2. The lowest BCUT2D eigenvalue weighted by atomic mass is 9.99. The molecule has 0 saturated heterocycles. The van der Waals surface area contributed by atoms with Crippen LogP contribution in [0.25, 0.3) is 11.1 Å². The third-order valence-corrected chi connectivity index (χ3v) is 5.65. The fourth-order valence-corrected chi connectivity index (χ4v) is 3.80. The fourth-order valence-electron chi connectivity index (χ4n) is 3.80. The van der Waals surface area contributed by atoms with Crippen LogP contribution in [0.3, 0.4) is 0 Å². The van der Waals surface area contributed by atoms with Gasteiger partial charge in [-0.1, -0.05) is 0 Å². The molecule has 3 rings (SSSR count). The average molecular weight is 447 g/mol. The van der Waals surface area contributed by atoms with Gasteiger partial charge in [-0.3, -0.25) is 4.79 Å². The molecule has 0 radical (unpaired) electrons. The molecule has 0 atom stereocenters. The molecule has 33 heavy (non-hydrogen) atoms. The molecule has 1 aliphatic rings. The van der Waals surface area contributed by atoms with Crippen LogP contribution in [-0.2, 0) is 11.3 Å². The van der Waals surface area contributed by atoms with Gasteiger partial charge in [0.1, 0.15) is 23.2 Å². The van der Waals surface area contributed by atoms with Crippen molar-refractivity contribution >= 4 is 22.7 Å². The molecule has 0 aliphatic carbocycles. The van der Waals surface area contributed by atoms with E-state index in [0.29, 0.717) is 24.4 Å². The predicted molar refractivity (Wildman–Crippen MR) is 130 cm³/mol. The Morgan fingerprint density at radius 3 is 2.58 bits per heavy atom. The number of benzene rings is 1. The predicted octanol–water partition coefficient (Wildman–Crippen LogP) is 3.02. The van der Waals surface area contributed by atoms with Gasteiger partial charge in [-0.05, 0) is 57.5 Å². The first-order valence-corrected chi connectivity index (χ1v) is 11.4. The third kappa shape index (κ3) is 5.79. The largest absolute Gasteiger partial charge is 0.455 e. The number of ether oxygens (including phenoxy) is 1. The van der Waals surface area contributed by atoms with Gasteiger partial charge in [0.2, 0.25) is 6.54 Å². The van der Waals surface area contributed by atoms with Crippen molar-refractivity contribution in [2.24, 2.45) is 5.73 Å². The monoisotopic (exact) mass is 446 g/mol. The number of nitrogens with zero attached hydrogens (tertiary/aromatic N) is 3. The first-order chi connectivity index (χ1) is 16.0. The Morgan fingerprint density at radius 1 is 1.21 bits per heavy atom. The van der Waals surface area contributed by atoms with Crippen LogP contribution in [0, 0.1) is 11.3 Å². The standard InChI is InChI=1S/C26H31N5O2/c1-4-31(5-2)21-7-8-22-19(3)15-24(33-25(22)16-21)23(17-28)20-9-13-30(14-10-20)18-26(32)29-12-6-11-27/h7-10,13-16H,4-6,11-12,18,27H2,1-3H3/p+1. The van der Waals surface area contributed by atoms with Crippen LogP contribution in [-0.4, -0.2) is 32.1 Å². The molecule has 0 unspecified atom stereocenters. The lowest BCUT2D eigenvalue weighted by Gasteiger charge is -2.25. The van der Waals surface area contributed by atoms with Crippen molar-refractivity contribution in [3.05, 3.63) is 65.7 Å². The first kappa shape index (κ1) is 24.0. The number of fused-ring (bicyclic) bond motifs is 1. The van der Waals surface area contributed by atoms with Crippen molar-refractivity contribution in [2.75, 3.05) is 31.1 Å². The fraction of sp³-hybridized carbons (Fsp3) is 0.346. The van der Waals surface area contributed by atoms with Crippen molar-refractivity contribution < 1.29 is 14.1 Å². The molecular formula is C26H32N5O2+. The van der Waals surface area contributed by atoms with Crippen molar-refractivity contribution in [1.82, 2.24) is 5.32 Å². The summed E-state index contributed by atoms with van der Waals surface area (Å²) in [4.78, 5) is 14.3. The quantitative estimate of drug-likeness (QED) is 0.351. The van der Waals surface area contributed by atoms with Gasteiger partial charge < -0.3 is 20.7 Å². The van der Waals surface area contributed by atoms with Crippen molar-refractivity contribution in [3.63, 3.8) is 0 Å². The molecule has 2 aromatic rings. The van der Waals surface area contributed by atoms with E-state index in [0.717, 1.165) is 47.6 Å².